The Balaban J connectivity index is 1.33. The summed E-state index contributed by atoms with van der Waals surface area (Å²) >= 11 is 1.35. The molecule has 33 heavy (non-hydrogen) atoms. The molecule has 0 atom stereocenters. The number of nitrogens with two attached hydrogens (primary N) is 1. The van der Waals surface area contributed by atoms with Crippen molar-refractivity contribution in [2.45, 2.75) is 4.90 Å². The fourth-order valence-corrected chi connectivity index (χ4v) is 4.01. The molecule has 6 nitrogen and oxygen atoms in total. The zero-order valence-corrected chi connectivity index (χ0v) is 18.4. The molecular formula is C26H21N3O3S. The number of nitrogens with one attached hydrogen (secondary N) is 2. The van der Waals surface area contributed by atoms with Crippen LogP contribution in [-0.4, -0.2) is 23.5 Å². The fraction of sp³-hybridized carbons (Fsp3) is 0.0385. The smallest absolute Gasteiger partial charge is 0.255 e. The van der Waals surface area contributed by atoms with E-state index in [4.69, 9.17) is 5.73 Å². The van der Waals surface area contributed by atoms with Crippen LogP contribution in [0.4, 0.5) is 11.4 Å². The van der Waals surface area contributed by atoms with Crippen molar-refractivity contribution in [3.63, 3.8) is 0 Å². The second kappa shape index (κ2) is 10.0. The molecule has 164 valence electrons. The van der Waals surface area contributed by atoms with Crippen molar-refractivity contribution in [1.29, 1.82) is 0 Å². The molecule has 0 aliphatic heterocycles. The standard InChI is InChI=1S/C26H21N3O3S/c27-25(31)22-7-3-4-8-23(22)29-24(30)16-33-21-13-11-20(12-14-21)28-26(32)19-10-9-17-5-1-2-6-18(17)15-19/h1-15H,16H2,(H2,27,31)(H,28,32)(H,29,30). The van der Waals surface area contributed by atoms with Gasteiger partial charge in [-0.15, -0.1) is 11.8 Å². The lowest BCUT2D eigenvalue weighted by molar-refractivity contribution is -0.113. The molecule has 7 heteroatoms. The number of primary amides is 1. The summed E-state index contributed by atoms with van der Waals surface area (Å²) in [5.74, 6) is -0.869. The van der Waals surface area contributed by atoms with E-state index in [0.29, 0.717) is 16.9 Å². The van der Waals surface area contributed by atoms with Gasteiger partial charge in [0, 0.05) is 16.1 Å². The van der Waals surface area contributed by atoms with E-state index in [1.54, 1.807) is 42.5 Å². The van der Waals surface area contributed by atoms with Gasteiger partial charge in [0.25, 0.3) is 11.8 Å². The number of benzene rings is 4. The van der Waals surface area contributed by atoms with Crippen molar-refractivity contribution in [3.8, 4) is 0 Å². The van der Waals surface area contributed by atoms with E-state index in [9.17, 15) is 14.4 Å². The zero-order chi connectivity index (χ0) is 23.2. The highest BCUT2D eigenvalue weighted by Crippen LogP contribution is 2.22. The van der Waals surface area contributed by atoms with Gasteiger partial charge >= 0.3 is 0 Å². The summed E-state index contributed by atoms with van der Waals surface area (Å²) in [6.07, 6.45) is 0. The summed E-state index contributed by atoms with van der Waals surface area (Å²) in [5, 5.41) is 7.70. The first-order chi connectivity index (χ1) is 16.0. The summed E-state index contributed by atoms with van der Waals surface area (Å²) in [4.78, 5) is 37.2. The van der Waals surface area contributed by atoms with E-state index in [1.165, 1.54) is 11.8 Å². The molecular weight excluding hydrogens is 434 g/mol. The minimum Gasteiger partial charge on any atom is -0.366 e. The van der Waals surface area contributed by atoms with Crippen LogP contribution in [0.25, 0.3) is 10.8 Å². The molecule has 0 heterocycles. The Labute approximate surface area is 195 Å². The second-order valence-electron chi connectivity index (χ2n) is 7.29. The number of amides is 3. The molecule has 0 saturated carbocycles. The van der Waals surface area contributed by atoms with Crippen molar-refractivity contribution >= 4 is 51.6 Å². The highest BCUT2D eigenvalue weighted by Gasteiger charge is 2.11. The van der Waals surface area contributed by atoms with E-state index < -0.39 is 5.91 Å². The summed E-state index contributed by atoms with van der Waals surface area (Å²) < 4.78 is 0. The molecule has 0 saturated heterocycles. The lowest BCUT2D eigenvalue weighted by Crippen LogP contribution is -2.19. The third kappa shape index (κ3) is 5.58. The number of carbonyl (C=O) groups is 3. The van der Waals surface area contributed by atoms with Gasteiger partial charge in [0.2, 0.25) is 5.91 Å². The average molecular weight is 456 g/mol. The fourth-order valence-electron chi connectivity index (χ4n) is 3.31. The third-order valence-corrected chi connectivity index (χ3v) is 5.97. The van der Waals surface area contributed by atoms with Gasteiger partial charge in [-0.25, -0.2) is 0 Å². The lowest BCUT2D eigenvalue weighted by atomic mass is 10.1. The van der Waals surface area contributed by atoms with Gasteiger partial charge in [-0.1, -0.05) is 42.5 Å². The maximum absolute atomic E-state index is 12.6. The number of anilines is 2. The minimum absolute atomic E-state index is 0.163. The Morgan fingerprint density at radius 3 is 2.21 bits per heavy atom. The first kappa shape index (κ1) is 22.1. The van der Waals surface area contributed by atoms with Crippen molar-refractivity contribution in [2.24, 2.45) is 5.73 Å². The molecule has 3 amide bonds. The maximum atomic E-state index is 12.6. The third-order valence-electron chi connectivity index (χ3n) is 4.96. The molecule has 0 bridgehead atoms. The average Bonchev–Trinajstić information content (AvgIpc) is 2.83. The van der Waals surface area contributed by atoms with Gasteiger partial charge in [-0.2, -0.15) is 0 Å². The first-order valence-corrected chi connectivity index (χ1v) is 11.2. The van der Waals surface area contributed by atoms with E-state index in [1.807, 2.05) is 48.5 Å². The molecule has 0 fully saturated rings. The second-order valence-corrected chi connectivity index (χ2v) is 8.34. The van der Waals surface area contributed by atoms with Crippen LogP contribution in [0.5, 0.6) is 0 Å². The molecule has 0 unspecified atom stereocenters. The maximum Gasteiger partial charge on any atom is 0.255 e. The predicted molar refractivity (Wildman–Crippen MR) is 133 cm³/mol. The summed E-state index contributed by atoms with van der Waals surface area (Å²) in [6, 6.07) is 27.3. The van der Waals surface area contributed by atoms with E-state index >= 15 is 0 Å². The monoisotopic (exact) mass is 455 g/mol. The topological polar surface area (TPSA) is 101 Å². The van der Waals surface area contributed by atoms with Crippen LogP contribution in [0.1, 0.15) is 20.7 Å². The van der Waals surface area contributed by atoms with Crippen LogP contribution in [0.3, 0.4) is 0 Å². The highest BCUT2D eigenvalue weighted by atomic mass is 32.2. The van der Waals surface area contributed by atoms with Gasteiger partial charge in [0.15, 0.2) is 0 Å². The van der Waals surface area contributed by atoms with Crippen LogP contribution < -0.4 is 16.4 Å². The Kier molecular flexibility index (Phi) is 6.71. The number of rotatable bonds is 7. The van der Waals surface area contributed by atoms with E-state index in [-0.39, 0.29) is 23.1 Å². The molecule has 0 spiro atoms. The molecule has 0 aliphatic carbocycles. The molecule has 0 aromatic heterocycles. The highest BCUT2D eigenvalue weighted by molar-refractivity contribution is 8.00. The van der Waals surface area contributed by atoms with Gasteiger partial charge in [0.05, 0.1) is 17.0 Å². The molecule has 4 aromatic rings. The normalized spacial score (nSPS) is 10.5. The van der Waals surface area contributed by atoms with Crippen LogP contribution in [0.2, 0.25) is 0 Å². The lowest BCUT2D eigenvalue weighted by Gasteiger charge is -2.09. The largest absolute Gasteiger partial charge is 0.366 e. The van der Waals surface area contributed by atoms with Gasteiger partial charge in [0.1, 0.15) is 0 Å². The number of fused-ring (bicyclic) bond motifs is 1. The van der Waals surface area contributed by atoms with Crippen LogP contribution in [-0.2, 0) is 4.79 Å². The Hall–Kier alpha value is -4.10. The van der Waals surface area contributed by atoms with Crippen LogP contribution >= 0.6 is 11.8 Å². The van der Waals surface area contributed by atoms with E-state index in [0.717, 1.165) is 15.7 Å². The number of thioether (sulfide) groups is 1. The van der Waals surface area contributed by atoms with Crippen molar-refractivity contribution < 1.29 is 14.4 Å². The summed E-state index contributed by atoms with van der Waals surface area (Å²) in [7, 11) is 0. The molecule has 4 N–H and O–H groups in total. The van der Waals surface area contributed by atoms with Crippen molar-refractivity contribution in [1.82, 2.24) is 0 Å². The summed E-state index contributed by atoms with van der Waals surface area (Å²) in [5.41, 5.74) is 7.24. The molecule has 0 aliphatic rings. The number of hydrogen-bond acceptors (Lipinski definition) is 4. The number of para-hydroxylation sites is 1. The number of carbonyl (C=O) groups excluding carboxylic acids is 3. The van der Waals surface area contributed by atoms with Crippen molar-refractivity contribution in [3.05, 3.63) is 102 Å². The van der Waals surface area contributed by atoms with E-state index in [2.05, 4.69) is 10.6 Å². The van der Waals surface area contributed by atoms with Gasteiger partial charge in [-0.3, -0.25) is 14.4 Å². The first-order valence-electron chi connectivity index (χ1n) is 10.2. The van der Waals surface area contributed by atoms with Gasteiger partial charge < -0.3 is 16.4 Å². The van der Waals surface area contributed by atoms with Gasteiger partial charge in [-0.05, 0) is 59.3 Å². The Morgan fingerprint density at radius 2 is 1.45 bits per heavy atom. The molecule has 0 radical (unpaired) electrons. The Bertz CT molecular complexity index is 1340. The molecule has 4 aromatic carbocycles. The van der Waals surface area contributed by atoms with Crippen molar-refractivity contribution in [2.75, 3.05) is 16.4 Å². The van der Waals surface area contributed by atoms with Crippen LogP contribution in [0.15, 0.2) is 95.9 Å². The SMILES string of the molecule is NC(=O)c1ccccc1NC(=O)CSc1ccc(NC(=O)c2ccc3ccccc3c2)cc1. The summed E-state index contributed by atoms with van der Waals surface area (Å²) in [6.45, 7) is 0. The number of hydrogen-bond donors (Lipinski definition) is 3. The van der Waals surface area contributed by atoms with Crippen LogP contribution in [0, 0.1) is 0 Å². The minimum atomic E-state index is -0.597. The molecule has 4 rings (SSSR count). The zero-order valence-electron chi connectivity index (χ0n) is 17.6. The quantitative estimate of drug-likeness (QED) is 0.344. The predicted octanol–water partition coefficient (Wildman–Crippen LogP) is 4.92. The Morgan fingerprint density at radius 1 is 0.758 bits per heavy atom.